The van der Waals surface area contributed by atoms with E-state index in [0.717, 1.165) is 6.42 Å². The van der Waals surface area contributed by atoms with E-state index in [1.807, 2.05) is 20.8 Å². The highest BCUT2D eigenvalue weighted by molar-refractivity contribution is 7.89. The molecule has 0 bridgehead atoms. The second-order valence-electron chi connectivity index (χ2n) is 4.91. The first-order valence-electron chi connectivity index (χ1n) is 5.71. The number of amides is 1. The van der Waals surface area contributed by atoms with E-state index in [2.05, 4.69) is 5.32 Å². The number of hydrogen-bond acceptors (Lipinski definition) is 3. The molecule has 0 aromatic heterocycles. The molecule has 0 aliphatic rings. The Balaban J connectivity index is 3.15. The Bertz CT molecular complexity index is 597. The summed E-state index contributed by atoms with van der Waals surface area (Å²) >= 11 is 5.81. The smallest absolute Gasteiger partial charge is 0.251 e. The molecule has 1 rings (SSSR count). The molecule has 0 fully saturated rings. The summed E-state index contributed by atoms with van der Waals surface area (Å²) in [6, 6.07) is 3.82. The number of sulfonamides is 1. The van der Waals surface area contributed by atoms with Crippen molar-refractivity contribution in [3.8, 4) is 0 Å². The summed E-state index contributed by atoms with van der Waals surface area (Å²) in [4.78, 5) is 11.9. The molecule has 19 heavy (non-hydrogen) atoms. The fraction of sp³-hybridized carbons (Fsp3) is 0.417. The molecule has 3 N–H and O–H groups in total. The van der Waals surface area contributed by atoms with Crippen molar-refractivity contribution in [2.24, 2.45) is 5.14 Å². The number of rotatable bonds is 4. The normalized spacial score (nSPS) is 12.3. The van der Waals surface area contributed by atoms with Crippen LogP contribution in [0.5, 0.6) is 0 Å². The van der Waals surface area contributed by atoms with Crippen LogP contribution in [0.3, 0.4) is 0 Å². The standard InChI is InChI=1S/C12H17ClN2O3S/c1-4-12(2,3)15-11(16)8-5-9(13)7-10(6-8)19(14,17)18/h5-7H,4H2,1-3H3,(H,15,16)(H2,14,17,18). The predicted octanol–water partition coefficient (Wildman–Crippen LogP) is 1.91. The van der Waals surface area contributed by atoms with Crippen LogP contribution in [0, 0.1) is 0 Å². The summed E-state index contributed by atoms with van der Waals surface area (Å²) in [7, 11) is -3.90. The van der Waals surface area contributed by atoms with Gasteiger partial charge in [-0.2, -0.15) is 0 Å². The summed E-state index contributed by atoms with van der Waals surface area (Å²) in [6.07, 6.45) is 0.737. The highest BCUT2D eigenvalue weighted by atomic mass is 35.5. The fourth-order valence-electron chi connectivity index (χ4n) is 1.33. The van der Waals surface area contributed by atoms with Gasteiger partial charge < -0.3 is 5.32 Å². The van der Waals surface area contributed by atoms with Gasteiger partial charge in [0.2, 0.25) is 10.0 Å². The number of carbonyl (C=O) groups is 1. The molecule has 1 aromatic rings. The number of carbonyl (C=O) groups excluding carboxylic acids is 1. The Morgan fingerprint density at radius 3 is 2.42 bits per heavy atom. The van der Waals surface area contributed by atoms with Gasteiger partial charge in [-0.1, -0.05) is 18.5 Å². The molecule has 0 saturated heterocycles. The van der Waals surface area contributed by atoms with E-state index in [0.29, 0.717) is 0 Å². The second kappa shape index (κ2) is 5.48. The summed E-state index contributed by atoms with van der Waals surface area (Å²) in [6.45, 7) is 5.68. The SMILES string of the molecule is CCC(C)(C)NC(=O)c1cc(Cl)cc(S(N)(=O)=O)c1. The van der Waals surface area contributed by atoms with Gasteiger partial charge in [0.05, 0.1) is 4.90 Å². The van der Waals surface area contributed by atoms with Gasteiger partial charge in [0.1, 0.15) is 0 Å². The molecule has 0 aliphatic carbocycles. The minimum atomic E-state index is -3.90. The van der Waals surface area contributed by atoms with Gasteiger partial charge in [-0.05, 0) is 38.5 Å². The fourth-order valence-corrected chi connectivity index (χ4v) is 2.21. The van der Waals surface area contributed by atoms with Crippen LogP contribution in [0.4, 0.5) is 0 Å². The monoisotopic (exact) mass is 304 g/mol. The van der Waals surface area contributed by atoms with Crippen molar-refractivity contribution in [1.29, 1.82) is 0 Å². The van der Waals surface area contributed by atoms with Crippen molar-refractivity contribution in [3.05, 3.63) is 28.8 Å². The maximum Gasteiger partial charge on any atom is 0.251 e. The molecule has 106 valence electrons. The first-order chi connectivity index (χ1) is 8.55. The van der Waals surface area contributed by atoms with E-state index in [1.165, 1.54) is 18.2 Å². The third kappa shape index (κ3) is 4.49. The minimum absolute atomic E-state index is 0.144. The van der Waals surface area contributed by atoms with E-state index in [1.54, 1.807) is 0 Å². The number of halogens is 1. The van der Waals surface area contributed by atoms with Crippen LogP contribution in [0.1, 0.15) is 37.6 Å². The average Bonchev–Trinajstić information content (AvgIpc) is 2.26. The number of primary sulfonamides is 1. The van der Waals surface area contributed by atoms with Crippen LogP contribution in [0.2, 0.25) is 5.02 Å². The molecule has 0 atom stereocenters. The molecule has 1 aromatic carbocycles. The molecule has 1 amide bonds. The first-order valence-corrected chi connectivity index (χ1v) is 7.63. The van der Waals surface area contributed by atoms with Gasteiger partial charge in [-0.3, -0.25) is 4.79 Å². The number of benzene rings is 1. The van der Waals surface area contributed by atoms with Gasteiger partial charge in [-0.15, -0.1) is 0 Å². The second-order valence-corrected chi connectivity index (χ2v) is 6.91. The highest BCUT2D eigenvalue weighted by Gasteiger charge is 2.20. The molecular formula is C12H17ClN2O3S. The zero-order valence-corrected chi connectivity index (χ0v) is 12.6. The Morgan fingerprint density at radius 2 is 1.95 bits per heavy atom. The van der Waals surface area contributed by atoms with E-state index in [-0.39, 0.29) is 26.9 Å². The number of hydrogen-bond donors (Lipinski definition) is 2. The number of nitrogens with two attached hydrogens (primary N) is 1. The molecule has 0 heterocycles. The van der Waals surface area contributed by atoms with Crippen LogP contribution in [-0.4, -0.2) is 19.9 Å². The zero-order chi connectivity index (χ0) is 14.8. The van der Waals surface area contributed by atoms with Gasteiger partial charge in [-0.25, -0.2) is 13.6 Å². The highest BCUT2D eigenvalue weighted by Crippen LogP contribution is 2.19. The molecule has 0 spiro atoms. The van der Waals surface area contributed by atoms with Gasteiger partial charge in [0, 0.05) is 16.1 Å². The third-order valence-electron chi connectivity index (χ3n) is 2.80. The van der Waals surface area contributed by atoms with E-state index < -0.39 is 10.0 Å². The van der Waals surface area contributed by atoms with Crippen molar-refractivity contribution in [2.45, 2.75) is 37.6 Å². The molecule has 7 heteroatoms. The summed E-state index contributed by atoms with van der Waals surface area (Å²) in [5.41, 5.74) is -0.223. The maximum absolute atomic E-state index is 12.0. The molecular weight excluding hydrogens is 288 g/mol. The maximum atomic E-state index is 12.0. The largest absolute Gasteiger partial charge is 0.347 e. The third-order valence-corrected chi connectivity index (χ3v) is 3.91. The Morgan fingerprint density at radius 1 is 1.37 bits per heavy atom. The van der Waals surface area contributed by atoms with Crippen molar-refractivity contribution >= 4 is 27.5 Å². The molecule has 0 unspecified atom stereocenters. The first kappa shape index (κ1) is 15.9. The van der Waals surface area contributed by atoms with Crippen LogP contribution in [0.15, 0.2) is 23.1 Å². The van der Waals surface area contributed by atoms with Crippen LogP contribution < -0.4 is 10.5 Å². The van der Waals surface area contributed by atoms with Gasteiger partial charge >= 0.3 is 0 Å². The molecule has 0 aliphatic heterocycles. The van der Waals surface area contributed by atoms with E-state index >= 15 is 0 Å². The zero-order valence-electron chi connectivity index (χ0n) is 11.0. The van der Waals surface area contributed by atoms with E-state index in [4.69, 9.17) is 16.7 Å². The van der Waals surface area contributed by atoms with Crippen LogP contribution in [0.25, 0.3) is 0 Å². The summed E-state index contributed by atoms with van der Waals surface area (Å²) in [5, 5.41) is 7.97. The molecule has 0 saturated carbocycles. The van der Waals surface area contributed by atoms with Crippen LogP contribution in [-0.2, 0) is 10.0 Å². The van der Waals surface area contributed by atoms with Crippen molar-refractivity contribution in [3.63, 3.8) is 0 Å². The van der Waals surface area contributed by atoms with Crippen molar-refractivity contribution < 1.29 is 13.2 Å². The summed E-state index contributed by atoms with van der Waals surface area (Å²) < 4.78 is 22.6. The molecule has 0 radical (unpaired) electrons. The lowest BCUT2D eigenvalue weighted by Crippen LogP contribution is -2.42. The van der Waals surface area contributed by atoms with Crippen molar-refractivity contribution in [2.75, 3.05) is 0 Å². The van der Waals surface area contributed by atoms with Crippen LogP contribution >= 0.6 is 11.6 Å². The lowest BCUT2D eigenvalue weighted by atomic mass is 10.0. The topological polar surface area (TPSA) is 89.3 Å². The van der Waals surface area contributed by atoms with E-state index in [9.17, 15) is 13.2 Å². The molecule has 5 nitrogen and oxygen atoms in total. The number of nitrogens with one attached hydrogen (secondary N) is 1. The summed E-state index contributed by atoms with van der Waals surface area (Å²) in [5.74, 6) is -0.390. The van der Waals surface area contributed by atoms with Gasteiger partial charge in [0.15, 0.2) is 0 Å². The van der Waals surface area contributed by atoms with Gasteiger partial charge in [0.25, 0.3) is 5.91 Å². The Labute approximate surface area is 118 Å². The van der Waals surface area contributed by atoms with Crippen molar-refractivity contribution in [1.82, 2.24) is 5.32 Å². The Kier molecular flexibility index (Phi) is 4.60. The lowest BCUT2D eigenvalue weighted by Gasteiger charge is -2.24. The Hall–Kier alpha value is -1.11. The quantitative estimate of drug-likeness (QED) is 0.890. The average molecular weight is 305 g/mol. The predicted molar refractivity (Wildman–Crippen MR) is 74.7 cm³/mol. The minimum Gasteiger partial charge on any atom is -0.347 e. The lowest BCUT2D eigenvalue weighted by molar-refractivity contribution is 0.0911.